The molecule has 0 spiro atoms. The molecule has 108 valence electrons. The largest absolute Gasteiger partial charge is 0.396 e. The molecule has 0 aromatic carbocycles. The van der Waals surface area contributed by atoms with Crippen LogP contribution in [0.1, 0.15) is 46.5 Å². The molecule has 18 heavy (non-hydrogen) atoms. The van der Waals surface area contributed by atoms with Crippen LogP contribution in [-0.4, -0.2) is 54.7 Å². The summed E-state index contributed by atoms with van der Waals surface area (Å²) in [7, 11) is -3.04. The van der Waals surface area contributed by atoms with E-state index in [2.05, 4.69) is 4.90 Å². The zero-order chi connectivity index (χ0) is 13.8. The molecule has 0 aromatic rings. The molecule has 0 aliphatic carbocycles. The zero-order valence-electron chi connectivity index (χ0n) is 11.9. The summed E-state index contributed by atoms with van der Waals surface area (Å²) in [5.74, 6) is 0.221. The summed E-state index contributed by atoms with van der Waals surface area (Å²) in [5.41, 5.74) is 0. The second-order valence-electron chi connectivity index (χ2n) is 6.13. The van der Waals surface area contributed by atoms with Crippen molar-refractivity contribution in [3.05, 3.63) is 0 Å². The number of likely N-dealkylation sites (tertiary alicyclic amines) is 1. The summed E-state index contributed by atoms with van der Waals surface area (Å²) in [6, 6.07) is 0.360. The van der Waals surface area contributed by atoms with Crippen molar-refractivity contribution in [2.24, 2.45) is 0 Å². The van der Waals surface area contributed by atoms with E-state index in [0.717, 1.165) is 25.8 Å². The van der Waals surface area contributed by atoms with E-state index in [4.69, 9.17) is 5.11 Å². The molecule has 1 N–H and O–H groups in total. The molecule has 1 rings (SSSR count). The summed E-state index contributed by atoms with van der Waals surface area (Å²) in [4.78, 5) is 2.24. The Morgan fingerprint density at radius 2 is 1.94 bits per heavy atom. The van der Waals surface area contributed by atoms with Crippen LogP contribution in [0.2, 0.25) is 0 Å². The smallest absolute Gasteiger partial charge is 0.156 e. The van der Waals surface area contributed by atoms with Gasteiger partial charge in [0.05, 0.1) is 10.5 Å². The zero-order valence-corrected chi connectivity index (χ0v) is 12.7. The van der Waals surface area contributed by atoms with Crippen molar-refractivity contribution in [3.8, 4) is 0 Å². The third-order valence-electron chi connectivity index (χ3n) is 3.79. The first-order valence-corrected chi connectivity index (χ1v) is 8.50. The van der Waals surface area contributed by atoms with Crippen molar-refractivity contribution in [1.82, 2.24) is 4.90 Å². The molecule has 0 amide bonds. The Bertz CT molecular complexity index is 344. The van der Waals surface area contributed by atoms with Crippen molar-refractivity contribution < 1.29 is 13.5 Å². The van der Waals surface area contributed by atoms with Crippen molar-refractivity contribution in [2.75, 3.05) is 25.4 Å². The maximum atomic E-state index is 12.1. The van der Waals surface area contributed by atoms with Crippen LogP contribution in [-0.2, 0) is 9.84 Å². The van der Waals surface area contributed by atoms with Crippen molar-refractivity contribution in [2.45, 2.75) is 57.2 Å². The van der Waals surface area contributed by atoms with Crippen molar-refractivity contribution in [1.29, 1.82) is 0 Å². The Hall–Kier alpha value is -0.130. The quantitative estimate of drug-likeness (QED) is 0.826. The lowest BCUT2D eigenvalue weighted by molar-refractivity contribution is 0.126. The van der Waals surface area contributed by atoms with Crippen LogP contribution in [0.25, 0.3) is 0 Å². The first-order valence-electron chi connectivity index (χ1n) is 6.85. The van der Waals surface area contributed by atoms with E-state index in [1.807, 2.05) is 0 Å². The predicted octanol–water partition coefficient (Wildman–Crippen LogP) is 1.44. The molecule has 0 bridgehead atoms. The van der Waals surface area contributed by atoms with Crippen molar-refractivity contribution >= 4 is 9.84 Å². The summed E-state index contributed by atoms with van der Waals surface area (Å²) >= 11 is 0. The fraction of sp³-hybridized carbons (Fsp3) is 1.00. The van der Waals surface area contributed by atoms with Gasteiger partial charge in [0.15, 0.2) is 9.84 Å². The minimum Gasteiger partial charge on any atom is -0.396 e. The van der Waals surface area contributed by atoms with Gasteiger partial charge in [-0.1, -0.05) is 6.42 Å². The Morgan fingerprint density at radius 1 is 1.28 bits per heavy atom. The van der Waals surface area contributed by atoms with Gasteiger partial charge in [-0.3, -0.25) is 4.90 Å². The van der Waals surface area contributed by atoms with Gasteiger partial charge < -0.3 is 5.11 Å². The second-order valence-corrected chi connectivity index (χ2v) is 8.99. The highest BCUT2D eigenvalue weighted by Gasteiger charge is 2.30. The SMILES string of the molecule is CC(C)(C)S(=O)(=O)CCN1CCCCC1CCO. The summed E-state index contributed by atoms with van der Waals surface area (Å²) < 4.78 is 23.5. The van der Waals surface area contributed by atoms with Crippen LogP contribution >= 0.6 is 0 Å². The Kier molecular flexibility index (Phi) is 5.62. The number of aliphatic hydroxyl groups is 1. The van der Waals surface area contributed by atoms with Crippen LogP contribution in [0, 0.1) is 0 Å². The van der Waals surface area contributed by atoms with Crippen LogP contribution in [0.4, 0.5) is 0 Å². The van der Waals surface area contributed by atoms with Crippen LogP contribution < -0.4 is 0 Å². The standard InChI is InChI=1S/C13H27NO3S/c1-13(2,3)18(16,17)11-9-14-8-5-4-6-12(14)7-10-15/h12,15H,4-11H2,1-3H3. The molecule has 4 nitrogen and oxygen atoms in total. The van der Waals surface area contributed by atoms with E-state index >= 15 is 0 Å². The van der Waals surface area contributed by atoms with Gasteiger partial charge >= 0.3 is 0 Å². The lowest BCUT2D eigenvalue weighted by atomic mass is 10.00. The first-order chi connectivity index (χ1) is 8.28. The topological polar surface area (TPSA) is 57.6 Å². The van der Waals surface area contributed by atoms with E-state index in [-0.39, 0.29) is 12.4 Å². The maximum absolute atomic E-state index is 12.1. The lowest BCUT2D eigenvalue weighted by Crippen LogP contribution is -2.44. The van der Waals surface area contributed by atoms with Crippen LogP contribution in [0.15, 0.2) is 0 Å². The molecule has 1 aliphatic heterocycles. The average molecular weight is 277 g/mol. The molecule has 1 atom stereocenters. The number of piperidine rings is 1. The lowest BCUT2D eigenvalue weighted by Gasteiger charge is -2.36. The monoisotopic (exact) mass is 277 g/mol. The summed E-state index contributed by atoms with van der Waals surface area (Å²) in [6.45, 7) is 7.01. The number of hydrogen-bond donors (Lipinski definition) is 1. The molecule has 1 heterocycles. The molecular weight excluding hydrogens is 250 g/mol. The Labute approximate surface area is 111 Å². The van der Waals surface area contributed by atoms with Gasteiger partial charge in [0.2, 0.25) is 0 Å². The molecule has 0 radical (unpaired) electrons. The molecule has 1 aliphatic rings. The molecule has 1 unspecified atom stereocenters. The molecule has 5 heteroatoms. The normalized spacial score (nSPS) is 23.2. The van der Waals surface area contributed by atoms with Gasteiger partial charge in [-0.25, -0.2) is 8.42 Å². The molecule has 0 aromatic heterocycles. The van der Waals surface area contributed by atoms with Gasteiger partial charge in [0, 0.05) is 19.2 Å². The number of nitrogens with zero attached hydrogens (tertiary/aromatic N) is 1. The fourth-order valence-corrected chi connectivity index (χ4v) is 3.46. The fourth-order valence-electron chi connectivity index (χ4n) is 2.37. The molecule has 0 saturated carbocycles. The average Bonchev–Trinajstić information content (AvgIpc) is 2.27. The van der Waals surface area contributed by atoms with Crippen LogP contribution in [0.5, 0.6) is 0 Å². The third-order valence-corrected chi connectivity index (χ3v) is 6.38. The van der Waals surface area contributed by atoms with Gasteiger partial charge in [0.25, 0.3) is 0 Å². The maximum Gasteiger partial charge on any atom is 0.156 e. The molecule has 1 fully saturated rings. The summed E-state index contributed by atoms with van der Waals surface area (Å²) in [5, 5.41) is 9.05. The highest BCUT2D eigenvalue weighted by atomic mass is 32.2. The van der Waals surface area contributed by atoms with E-state index < -0.39 is 14.6 Å². The van der Waals surface area contributed by atoms with E-state index in [1.165, 1.54) is 6.42 Å². The Balaban J connectivity index is 2.56. The number of hydrogen-bond acceptors (Lipinski definition) is 4. The first kappa shape index (κ1) is 15.9. The van der Waals surface area contributed by atoms with E-state index in [1.54, 1.807) is 20.8 Å². The van der Waals surface area contributed by atoms with E-state index in [0.29, 0.717) is 12.6 Å². The molecular formula is C13H27NO3S. The number of sulfone groups is 1. The van der Waals surface area contributed by atoms with E-state index in [9.17, 15) is 8.42 Å². The number of aliphatic hydroxyl groups excluding tert-OH is 1. The second kappa shape index (κ2) is 6.35. The van der Waals surface area contributed by atoms with Gasteiger partial charge in [0.1, 0.15) is 0 Å². The highest BCUT2D eigenvalue weighted by molar-refractivity contribution is 7.92. The molecule has 1 saturated heterocycles. The highest BCUT2D eigenvalue weighted by Crippen LogP contribution is 2.21. The minimum absolute atomic E-state index is 0.188. The predicted molar refractivity (Wildman–Crippen MR) is 74.5 cm³/mol. The number of rotatable bonds is 5. The Morgan fingerprint density at radius 3 is 2.50 bits per heavy atom. The van der Waals surface area contributed by atoms with Gasteiger partial charge in [-0.15, -0.1) is 0 Å². The van der Waals surface area contributed by atoms with Crippen molar-refractivity contribution in [3.63, 3.8) is 0 Å². The summed E-state index contributed by atoms with van der Waals surface area (Å²) in [6.07, 6.45) is 4.16. The van der Waals surface area contributed by atoms with Gasteiger partial charge in [-0.05, 0) is 46.6 Å². The van der Waals surface area contributed by atoms with Gasteiger partial charge in [-0.2, -0.15) is 0 Å². The minimum atomic E-state index is -3.04. The van der Waals surface area contributed by atoms with Crippen LogP contribution in [0.3, 0.4) is 0 Å². The third kappa shape index (κ3) is 4.21.